The number of nitrogens with one attached hydrogen (secondary N) is 2. The number of anilines is 2. The largest absolute Gasteiger partial charge is 0.495 e. The third-order valence-corrected chi connectivity index (χ3v) is 5.21. The van der Waals surface area contributed by atoms with Gasteiger partial charge in [-0.3, -0.25) is 15.0 Å². The second-order valence-corrected chi connectivity index (χ2v) is 7.72. The monoisotopic (exact) mass is 501 g/mol. The molecular formula is C28H27N3O6. The molecule has 0 bridgehead atoms. The first-order valence-electron chi connectivity index (χ1n) is 11.2. The Hall–Kier alpha value is -4.92. The number of carbonyl (C=O) groups is 3. The summed E-state index contributed by atoms with van der Waals surface area (Å²) >= 11 is 0. The third-order valence-electron chi connectivity index (χ3n) is 5.21. The van der Waals surface area contributed by atoms with Crippen molar-refractivity contribution in [3.63, 3.8) is 0 Å². The number of hydrazone groups is 1. The van der Waals surface area contributed by atoms with Crippen LogP contribution in [0.5, 0.6) is 11.5 Å². The lowest BCUT2D eigenvalue weighted by Crippen LogP contribution is -2.29. The Morgan fingerprint density at radius 3 is 2.27 bits per heavy atom. The molecule has 0 fully saturated rings. The topological polar surface area (TPSA) is 115 Å². The summed E-state index contributed by atoms with van der Waals surface area (Å²) in [6.45, 7) is 5.04. The van der Waals surface area contributed by atoms with Crippen LogP contribution in [0.1, 0.15) is 28.4 Å². The molecule has 2 N–H and O–H groups in total. The summed E-state index contributed by atoms with van der Waals surface area (Å²) in [5.74, 6) is -1.11. The Balaban J connectivity index is 1.71. The molecule has 3 rings (SSSR count). The van der Waals surface area contributed by atoms with E-state index in [9.17, 15) is 14.4 Å². The normalized spacial score (nSPS) is 10.7. The quantitative estimate of drug-likeness (QED) is 0.169. The van der Waals surface area contributed by atoms with E-state index in [0.717, 1.165) is 11.1 Å². The summed E-state index contributed by atoms with van der Waals surface area (Å²) in [7, 11) is 2.89. The number of methoxy groups -OCH3 is 2. The van der Waals surface area contributed by atoms with Crippen LogP contribution in [0.3, 0.4) is 0 Å². The molecule has 0 aromatic heterocycles. The fourth-order valence-corrected chi connectivity index (χ4v) is 3.23. The summed E-state index contributed by atoms with van der Waals surface area (Å²) in [5, 5.41) is 6.59. The van der Waals surface area contributed by atoms with Crippen LogP contribution in [0.2, 0.25) is 0 Å². The Kier molecular flexibility index (Phi) is 9.15. The highest BCUT2D eigenvalue weighted by Crippen LogP contribution is 2.27. The van der Waals surface area contributed by atoms with Crippen LogP contribution in [-0.2, 0) is 20.9 Å². The van der Waals surface area contributed by atoms with E-state index in [1.807, 2.05) is 24.3 Å². The highest BCUT2D eigenvalue weighted by molar-refractivity contribution is 6.67. The van der Waals surface area contributed by atoms with Gasteiger partial charge in [0.05, 0.1) is 31.2 Å². The molecule has 0 saturated carbocycles. The van der Waals surface area contributed by atoms with Gasteiger partial charge in [0.2, 0.25) is 0 Å². The minimum Gasteiger partial charge on any atom is -0.495 e. The van der Waals surface area contributed by atoms with Gasteiger partial charge in [0.25, 0.3) is 5.91 Å². The molecule has 3 aromatic carbocycles. The Morgan fingerprint density at radius 1 is 0.919 bits per heavy atom. The molecule has 9 nitrogen and oxygen atoms in total. The average molecular weight is 502 g/mol. The maximum Gasteiger partial charge on any atom is 0.338 e. The molecule has 0 radical (unpaired) electrons. The SMILES string of the molecule is C=Cc1ccc(COC(=O)c2ccc(N/N=C(\C(C)=O)C(=O)Nc3ccccc3OC)c(OC)c2)cc1. The molecular weight excluding hydrogens is 474 g/mol. The van der Waals surface area contributed by atoms with Gasteiger partial charge in [-0.25, -0.2) is 4.79 Å². The van der Waals surface area contributed by atoms with Crippen LogP contribution in [0.25, 0.3) is 6.08 Å². The van der Waals surface area contributed by atoms with Gasteiger partial charge in [0.1, 0.15) is 18.1 Å². The van der Waals surface area contributed by atoms with Crippen LogP contribution in [0.4, 0.5) is 11.4 Å². The van der Waals surface area contributed by atoms with Crippen LogP contribution in [-0.4, -0.2) is 37.6 Å². The molecule has 3 aromatic rings. The summed E-state index contributed by atoms with van der Waals surface area (Å²) in [4.78, 5) is 37.4. The van der Waals surface area contributed by atoms with Gasteiger partial charge in [0.15, 0.2) is 11.5 Å². The van der Waals surface area contributed by atoms with Gasteiger partial charge >= 0.3 is 5.97 Å². The average Bonchev–Trinajstić information content (AvgIpc) is 2.92. The predicted molar refractivity (Wildman–Crippen MR) is 142 cm³/mol. The van der Waals surface area contributed by atoms with Crippen molar-refractivity contribution in [3.05, 3.63) is 90.0 Å². The van der Waals surface area contributed by atoms with Gasteiger partial charge in [0, 0.05) is 6.92 Å². The van der Waals surface area contributed by atoms with E-state index in [2.05, 4.69) is 22.4 Å². The van der Waals surface area contributed by atoms with Crippen molar-refractivity contribution in [3.8, 4) is 11.5 Å². The lowest BCUT2D eigenvalue weighted by molar-refractivity contribution is -0.114. The Bertz CT molecular complexity index is 1330. The molecule has 9 heteroatoms. The van der Waals surface area contributed by atoms with Crippen molar-refractivity contribution in [2.45, 2.75) is 13.5 Å². The molecule has 0 saturated heterocycles. The molecule has 0 spiro atoms. The van der Waals surface area contributed by atoms with Gasteiger partial charge in [-0.05, 0) is 41.5 Å². The van der Waals surface area contributed by atoms with Crippen LogP contribution in [0.15, 0.2) is 78.4 Å². The maximum atomic E-state index is 12.7. The van der Waals surface area contributed by atoms with Crippen molar-refractivity contribution < 1.29 is 28.6 Å². The fraction of sp³-hybridized carbons (Fsp3) is 0.143. The van der Waals surface area contributed by atoms with E-state index in [0.29, 0.717) is 17.1 Å². The second-order valence-electron chi connectivity index (χ2n) is 7.72. The number of benzene rings is 3. The third kappa shape index (κ3) is 7.04. The van der Waals surface area contributed by atoms with Crippen LogP contribution < -0.4 is 20.2 Å². The first kappa shape index (κ1) is 26.7. The van der Waals surface area contributed by atoms with E-state index >= 15 is 0 Å². The molecule has 0 aliphatic carbocycles. The molecule has 37 heavy (non-hydrogen) atoms. The summed E-state index contributed by atoms with van der Waals surface area (Å²) in [5.41, 5.74) is 5.09. The number of para-hydroxylation sites is 2. The number of amides is 1. The zero-order valence-electron chi connectivity index (χ0n) is 20.7. The van der Waals surface area contributed by atoms with Crippen molar-refractivity contribution in [1.29, 1.82) is 0 Å². The number of esters is 1. The van der Waals surface area contributed by atoms with E-state index in [1.165, 1.54) is 39.3 Å². The van der Waals surface area contributed by atoms with Gasteiger partial charge in [-0.1, -0.05) is 49.1 Å². The molecule has 0 heterocycles. The Morgan fingerprint density at radius 2 is 1.62 bits per heavy atom. The van der Waals surface area contributed by atoms with E-state index < -0.39 is 17.7 Å². The van der Waals surface area contributed by atoms with E-state index in [1.54, 1.807) is 30.3 Å². The molecule has 1 amide bonds. The number of carbonyl (C=O) groups excluding carboxylic acids is 3. The first-order chi connectivity index (χ1) is 17.9. The summed E-state index contributed by atoms with van der Waals surface area (Å²) in [6.07, 6.45) is 1.73. The number of hydrogen-bond acceptors (Lipinski definition) is 8. The van der Waals surface area contributed by atoms with Gasteiger partial charge in [-0.2, -0.15) is 5.10 Å². The number of hydrogen-bond donors (Lipinski definition) is 2. The lowest BCUT2D eigenvalue weighted by Gasteiger charge is -2.12. The second kappa shape index (κ2) is 12.7. The fourth-order valence-electron chi connectivity index (χ4n) is 3.23. The Labute approximate surface area is 214 Å². The summed E-state index contributed by atoms with van der Waals surface area (Å²) < 4.78 is 16.0. The molecule has 190 valence electrons. The maximum absolute atomic E-state index is 12.7. The predicted octanol–water partition coefficient (Wildman–Crippen LogP) is 4.70. The van der Waals surface area contributed by atoms with Crippen LogP contribution >= 0.6 is 0 Å². The molecule has 0 aliphatic rings. The van der Waals surface area contributed by atoms with Crippen molar-refractivity contribution in [2.75, 3.05) is 25.0 Å². The number of rotatable bonds is 11. The first-order valence-corrected chi connectivity index (χ1v) is 11.2. The van der Waals surface area contributed by atoms with E-state index in [-0.39, 0.29) is 23.6 Å². The molecule has 0 aliphatic heterocycles. The van der Waals surface area contributed by atoms with Crippen molar-refractivity contribution >= 4 is 40.8 Å². The number of ether oxygens (including phenoxy) is 3. The number of ketones is 1. The van der Waals surface area contributed by atoms with E-state index in [4.69, 9.17) is 14.2 Å². The zero-order chi connectivity index (χ0) is 26.8. The zero-order valence-corrected chi connectivity index (χ0v) is 20.7. The highest BCUT2D eigenvalue weighted by Gasteiger charge is 2.19. The lowest BCUT2D eigenvalue weighted by atomic mass is 10.1. The summed E-state index contributed by atoms with van der Waals surface area (Å²) in [6, 6.07) is 18.8. The minimum atomic E-state index is -0.718. The number of nitrogens with zero attached hydrogens (tertiary/aromatic N) is 1. The van der Waals surface area contributed by atoms with Crippen molar-refractivity contribution in [1.82, 2.24) is 0 Å². The molecule has 0 atom stereocenters. The highest BCUT2D eigenvalue weighted by atomic mass is 16.5. The smallest absolute Gasteiger partial charge is 0.338 e. The van der Waals surface area contributed by atoms with Crippen molar-refractivity contribution in [2.24, 2.45) is 5.10 Å². The van der Waals surface area contributed by atoms with Crippen LogP contribution in [0, 0.1) is 0 Å². The van der Waals surface area contributed by atoms with Gasteiger partial charge in [-0.15, -0.1) is 0 Å². The number of Topliss-reactive ketones (excluding diaryl/α,β-unsaturated/α-hetero) is 1. The molecule has 0 unspecified atom stereocenters. The minimum absolute atomic E-state index is 0.103. The standard InChI is InChI=1S/C28H27N3O6/c1-5-19-10-12-20(13-11-19)17-37-28(34)21-14-15-23(25(16-21)36-4)30-31-26(18(2)32)27(33)29-22-8-6-7-9-24(22)35-3/h5-16,30H,1,17H2,2-4H3,(H,29,33)/b31-26+. The van der Waals surface area contributed by atoms with Gasteiger partial charge < -0.3 is 19.5 Å².